The first kappa shape index (κ1) is 21.4. The highest BCUT2D eigenvalue weighted by Gasteiger charge is 2.22. The molecule has 156 valence electrons. The first-order valence-electron chi connectivity index (χ1n) is 10.2. The van der Waals surface area contributed by atoms with Gasteiger partial charge >= 0.3 is 0 Å². The molecule has 2 heterocycles. The zero-order valence-electron chi connectivity index (χ0n) is 17.7. The average Bonchev–Trinajstić information content (AvgIpc) is 3.11. The number of aryl methyl sites for hydroxylation is 2. The van der Waals surface area contributed by atoms with Crippen LogP contribution < -0.4 is 5.56 Å². The van der Waals surface area contributed by atoms with Gasteiger partial charge in [-0.15, -0.1) is 11.3 Å². The van der Waals surface area contributed by atoms with Crippen LogP contribution in [0.2, 0.25) is 0 Å². The minimum Gasteiger partial charge on any atom is -0.389 e. The highest BCUT2D eigenvalue weighted by atomic mass is 32.1. The Balaban J connectivity index is 1.74. The summed E-state index contributed by atoms with van der Waals surface area (Å²) in [4.78, 5) is 24.7. The van der Waals surface area contributed by atoms with Gasteiger partial charge in [0.25, 0.3) is 5.56 Å². The number of aliphatic hydroxyl groups is 1. The van der Waals surface area contributed by atoms with Gasteiger partial charge in [-0.3, -0.25) is 9.69 Å². The van der Waals surface area contributed by atoms with Crippen LogP contribution in [0.3, 0.4) is 0 Å². The molecule has 2 N–H and O–H groups in total. The van der Waals surface area contributed by atoms with Crippen LogP contribution >= 0.6 is 11.3 Å². The highest BCUT2D eigenvalue weighted by molar-refractivity contribution is 7.18. The van der Waals surface area contributed by atoms with E-state index in [1.165, 1.54) is 10.4 Å². The van der Waals surface area contributed by atoms with Crippen LogP contribution in [0.1, 0.15) is 57.3 Å². The Morgan fingerprint density at radius 2 is 2.04 bits per heavy atom. The summed E-state index contributed by atoms with van der Waals surface area (Å²) < 4.78 is 5.71. The Hall–Kier alpha value is -1.28. The summed E-state index contributed by atoms with van der Waals surface area (Å²) in [5.74, 6) is 1.11. The van der Waals surface area contributed by atoms with Gasteiger partial charge in [-0.2, -0.15) is 0 Å². The van der Waals surface area contributed by atoms with E-state index in [-0.39, 0.29) is 11.2 Å². The van der Waals surface area contributed by atoms with E-state index in [1.807, 2.05) is 20.8 Å². The molecule has 3 rings (SSSR count). The van der Waals surface area contributed by atoms with Crippen molar-refractivity contribution >= 4 is 21.6 Å². The van der Waals surface area contributed by atoms with Crippen molar-refractivity contribution in [2.45, 2.75) is 72.1 Å². The van der Waals surface area contributed by atoms with E-state index in [0.717, 1.165) is 36.0 Å². The lowest BCUT2D eigenvalue weighted by molar-refractivity contribution is -0.0574. The number of aliphatic hydroxyl groups excluding tert-OH is 1. The van der Waals surface area contributed by atoms with E-state index in [9.17, 15) is 9.90 Å². The van der Waals surface area contributed by atoms with E-state index in [0.29, 0.717) is 31.4 Å². The molecule has 0 bridgehead atoms. The molecule has 2 aromatic heterocycles. The van der Waals surface area contributed by atoms with Crippen LogP contribution in [-0.2, 0) is 24.1 Å². The van der Waals surface area contributed by atoms with Crippen LogP contribution in [0.4, 0.5) is 0 Å². The molecule has 1 atom stereocenters. The minimum atomic E-state index is -0.584. The van der Waals surface area contributed by atoms with Crippen molar-refractivity contribution in [3.05, 3.63) is 26.6 Å². The molecular formula is C21H33N3O3S. The van der Waals surface area contributed by atoms with E-state index in [2.05, 4.69) is 23.7 Å². The second-order valence-electron chi connectivity index (χ2n) is 9.22. The maximum Gasteiger partial charge on any atom is 0.259 e. The summed E-state index contributed by atoms with van der Waals surface area (Å²) in [6, 6.07) is 0. The molecule has 0 aromatic carbocycles. The average molecular weight is 408 g/mol. The van der Waals surface area contributed by atoms with Gasteiger partial charge in [-0.1, -0.05) is 13.8 Å². The largest absolute Gasteiger partial charge is 0.389 e. The number of aromatic nitrogens is 2. The molecule has 0 saturated carbocycles. The third kappa shape index (κ3) is 5.41. The summed E-state index contributed by atoms with van der Waals surface area (Å²) in [5.41, 5.74) is 0.899. The Kier molecular flexibility index (Phi) is 6.59. The van der Waals surface area contributed by atoms with Gasteiger partial charge in [0, 0.05) is 18.0 Å². The smallest absolute Gasteiger partial charge is 0.259 e. The summed E-state index contributed by atoms with van der Waals surface area (Å²) in [7, 11) is 0. The van der Waals surface area contributed by atoms with E-state index >= 15 is 0 Å². The molecule has 2 aromatic rings. The highest BCUT2D eigenvalue weighted by Crippen LogP contribution is 2.34. The number of rotatable bonds is 8. The number of thiophene rings is 1. The second-order valence-corrected chi connectivity index (χ2v) is 10.3. The maximum atomic E-state index is 12.7. The van der Waals surface area contributed by atoms with Crippen LogP contribution in [0.5, 0.6) is 0 Å². The van der Waals surface area contributed by atoms with Crippen molar-refractivity contribution in [3.8, 4) is 0 Å². The van der Waals surface area contributed by atoms with Gasteiger partial charge in [-0.05, 0) is 51.5 Å². The Morgan fingerprint density at radius 1 is 1.29 bits per heavy atom. The quantitative estimate of drug-likeness (QED) is 0.703. The lowest BCUT2D eigenvalue weighted by atomic mass is 10.1. The van der Waals surface area contributed by atoms with E-state index < -0.39 is 6.10 Å². The van der Waals surface area contributed by atoms with Gasteiger partial charge in [0.05, 0.1) is 30.2 Å². The van der Waals surface area contributed by atoms with Crippen molar-refractivity contribution in [2.24, 2.45) is 5.92 Å². The summed E-state index contributed by atoms with van der Waals surface area (Å²) in [6.07, 6.45) is 2.59. The van der Waals surface area contributed by atoms with Crippen molar-refractivity contribution in [1.82, 2.24) is 14.9 Å². The fourth-order valence-electron chi connectivity index (χ4n) is 3.75. The van der Waals surface area contributed by atoms with Gasteiger partial charge in [0.2, 0.25) is 0 Å². The van der Waals surface area contributed by atoms with Crippen molar-refractivity contribution in [3.63, 3.8) is 0 Å². The third-order valence-electron chi connectivity index (χ3n) is 4.80. The number of hydrogen-bond acceptors (Lipinski definition) is 6. The van der Waals surface area contributed by atoms with Crippen molar-refractivity contribution in [1.29, 1.82) is 0 Å². The van der Waals surface area contributed by atoms with E-state index in [4.69, 9.17) is 9.72 Å². The monoisotopic (exact) mass is 407 g/mol. The number of aromatic amines is 1. The lowest BCUT2D eigenvalue weighted by Gasteiger charge is -2.28. The second kappa shape index (κ2) is 8.61. The molecule has 1 aliphatic rings. The number of ether oxygens (including phenoxy) is 1. The zero-order valence-corrected chi connectivity index (χ0v) is 18.5. The number of H-pyrrole nitrogens is 1. The van der Waals surface area contributed by atoms with Gasteiger partial charge in [0.15, 0.2) is 0 Å². The molecule has 0 amide bonds. The molecular weight excluding hydrogens is 374 g/mol. The fraction of sp³-hybridized carbons (Fsp3) is 0.714. The van der Waals surface area contributed by atoms with Gasteiger partial charge < -0.3 is 14.8 Å². The Morgan fingerprint density at radius 3 is 2.71 bits per heavy atom. The molecule has 0 spiro atoms. The zero-order chi connectivity index (χ0) is 20.5. The fourth-order valence-corrected chi connectivity index (χ4v) is 5.03. The molecule has 0 saturated heterocycles. The summed E-state index contributed by atoms with van der Waals surface area (Å²) >= 11 is 1.66. The molecule has 7 heteroatoms. The van der Waals surface area contributed by atoms with Gasteiger partial charge in [0.1, 0.15) is 10.7 Å². The number of nitrogens with one attached hydrogen (secondary N) is 1. The standard InChI is InChI=1S/C21H33N3O3S/c1-13(2)9-24(10-14(25)12-27-21(3,4)5)11-17-22-19(26)18-15-7-6-8-16(15)28-20(18)23-17/h13-14,25H,6-12H2,1-5H3,(H,22,23,26). The third-order valence-corrected chi connectivity index (χ3v) is 5.98. The topological polar surface area (TPSA) is 78.5 Å². The molecule has 28 heavy (non-hydrogen) atoms. The van der Waals surface area contributed by atoms with E-state index in [1.54, 1.807) is 11.3 Å². The first-order valence-corrected chi connectivity index (χ1v) is 11.0. The molecule has 6 nitrogen and oxygen atoms in total. The van der Waals surface area contributed by atoms with Crippen molar-refractivity contribution in [2.75, 3.05) is 19.7 Å². The number of hydrogen-bond donors (Lipinski definition) is 2. The summed E-state index contributed by atoms with van der Waals surface area (Å²) in [6.45, 7) is 12.3. The summed E-state index contributed by atoms with van der Waals surface area (Å²) in [5, 5.41) is 11.2. The molecule has 0 fully saturated rings. The van der Waals surface area contributed by atoms with Crippen LogP contribution in [0.25, 0.3) is 10.2 Å². The SMILES string of the molecule is CC(C)CN(Cc1nc2sc3c(c2c(=O)[nH]1)CCC3)CC(O)COC(C)(C)C. The van der Waals surface area contributed by atoms with Crippen LogP contribution in [0.15, 0.2) is 4.79 Å². The lowest BCUT2D eigenvalue weighted by Crippen LogP contribution is -2.39. The minimum absolute atomic E-state index is 0.0273. The van der Waals surface area contributed by atoms with Crippen LogP contribution in [0, 0.1) is 5.92 Å². The Bertz CT molecular complexity index is 866. The molecule has 1 unspecified atom stereocenters. The van der Waals surface area contributed by atoms with Gasteiger partial charge in [-0.25, -0.2) is 4.98 Å². The molecule has 1 aliphatic carbocycles. The Labute approximate surface area is 170 Å². The normalized spacial score (nSPS) is 15.7. The number of fused-ring (bicyclic) bond motifs is 3. The van der Waals surface area contributed by atoms with Crippen LogP contribution in [-0.4, -0.2) is 51.4 Å². The molecule has 0 radical (unpaired) electrons. The predicted octanol–water partition coefficient (Wildman–Crippen LogP) is 3.11. The van der Waals surface area contributed by atoms with Crippen molar-refractivity contribution < 1.29 is 9.84 Å². The maximum absolute atomic E-state index is 12.7. The first-order chi connectivity index (χ1) is 13.1. The predicted molar refractivity (Wildman–Crippen MR) is 114 cm³/mol. The molecule has 0 aliphatic heterocycles. The number of nitrogens with zero attached hydrogens (tertiary/aromatic N) is 2.